The molecule has 0 unspecified atom stereocenters. The van der Waals surface area contributed by atoms with E-state index >= 15 is 0 Å². The molecule has 2 aliphatic rings. The Hall–Kier alpha value is -3.15. The average molecular weight is 351 g/mol. The topological polar surface area (TPSA) is 76.8 Å². The van der Waals surface area contributed by atoms with E-state index in [1.54, 1.807) is 24.3 Å². The maximum Gasteiger partial charge on any atom is 0.379 e. The molecule has 1 fully saturated rings. The molecule has 0 saturated carbocycles. The first-order valence-corrected chi connectivity index (χ1v) is 8.46. The zero-order valence-corrected chi connectivity index (χ0v) is 14.1. The predicted molar refractivity (Wildman–Crippen MR) is 92.5 cm³/mol. The van der Waals surface area contributed by atoms with Gasteiger partial charge in [-0.05, 0) is 36.6 Å². The van der Waals surface area contributed by atoms with Crippen LogP contribution in [0.2, 0.25) is 0 Å². The fourth-order valence-electron chi connectivity index (χ4n) is 3.64. The van der Waals surface area contributed by atoms with Gasteiger partial charge in [0.1, 0.15) is 5.75 Å². The van der Waals surface area contributed by atoms with Crippen LogP contribution in [-0.2, 0) is 9.59 Å². The first-order valence-electron chi connectivity index (χ1n) is 8.46. The summed E-state index contributed by atoms with van der Waals surface area (Å²) < 4.78 is 10.3. The fourth-order valence-corrected chi connectivity index (χ4v) is 3.64. The van der Waals surface area contributed by atoms with Crippen molar-refractivity contribution in [3.63, 3.8) is 0 Å². The van der Waals surface area contributed by atoms with Crippen molar-refractivity contribution in [3.05, 3.63) is 60.6 Å². The summed E-state index contributed by atoms with van der Waals surface area (Å²) in [5.41, 5.74) is 0.409. The quantitative estimate of drug-likeness (QED) is 0.367. The summed E-state index contributed by atoms with van der Waals surface area (Å²) in [6.45, 7) is 1.95. The molecule has 2 amide bonds. The van der Waals surface area contributed by atoms with E-state index in [4.69, 9.17) is 9.15 Å². The number of esters is 1. The summed E-state index contributed by atoms with van der Waals surface area (Å²) in [5.74, 6) is -1.36. The number of fused-ring (bicyclic) bond motifs is 1. The van der Waals surface area contributed by atoms with Crippen molar-refractivity contribution in [2.45, 2.75) is 13.3 Å². The Kier molecular flexibility index (Phi) is 3.95. The van der Waals surface area contributed by atoms with Gasteiger partial charge in [0.15, 0.2) is 0 Å². The molecule has 1 saturated heterocycles. The lowest BCUT2D eigenvalue weighted by atomic mass is 9.78. The van der Waals surface area contributed by atoms with Crippen molar-refractivity contribution in [1.29, 1.82) is 0 Å². The van der Waals surface area contributed by atoms with Crippen molar-refractivity contribution in [2.75, 3.05) is 4.90 Å². The van der Waals surface area contributed by atoms with E-state index in [-0.39, 0.29) is 41.1 Å². The number of hydrogen-bond donors (Lipinski definition) is 0. The van der Waals surface area contributed by atoms with Crippen LogP contribution in [0, 0.1) is 17.8 Å². The minimum atomic E-state index is -0.641. The van der Waals surface area contributed by atoms with Gasteiger partial charge in [-0.3, -0.25) is 9.59 Å². The second kappa shape index (κ2) is 6.29. The minimum Gasteiger partial charge on any atom is -0.457 e. The lowest BCUT2D eigenvalue weighted by Crippen LogP contribution is -2.31. The van der Waals surface area contributed by atoms with Crippen LogP contribution in [0.4, 0.5) is 5.69 Å². The SMILES string of the molecule is C[C@@H]1C=CC[C@H]2C(=O)N(c3cccc(OC(=O)c4ccco4)c3)C(=O)[C@H]12. The van der Waals surface area contributed by atoms with E-state index < -0.39 is 5.97 Å². The van der Waals surface area contributed by atoms with Gasteiger partial charge >= 0.3 is 5.97 Å². The Morgan fingerprint density at radius 1 is 1.19 bits per heavy atom. The highest BCUT2D eigenvalue weighted by atomic mass is 16.5. The van der Waals surface area contributed by atoms with Crippen molar-refractivity contribution < 1.29 is 23.5 Å². The number of allylic oxidation sites excluding steroid dienone is 2. The number of carbonyl (C=O) groups excluding carboxylic acids is 3. The summed E-state index contributed by atoms with van der Waals surface area (Å²) >= 11 is 0. The van der Waals surface area contributed by atoms with Crippen LogP contribution < -0.4 is 9.64 Å². The number of benzene rings is 1. The van der Waals surface area contributed by atoms with Gasteiger partial charge in [-0.2, -0.15) is 0 Å². The Morgan fingerprint density at radius 2 is 2.04 bits per heavy atom. The molecule has 132 valence electrons. The predicted octanol–water partition coefficient (Wildman–Crippen LogP) is 3.20. The smallest absolute Gasteiger partial charge is 0.379 e. The lowest BCUT2D eigenvalue weighted by molar-refractivity contribution is -0.122. The molecule has 2 heterocycles. The van der Waals surface area contributed by atoms with Crippen LogP contribution in [0.5, 0.6) is 5.75 Å². The Labute approximate surface area is 150 Å². The second-order valence-electron chi connectivity index (χ2n) is 6.53. The zero-order chi connectivity index (χ0) is 18.3. The summed E-state index contributed by atoms with van der Waals surface area (Å²) in [7, 11) is 0. The summed E-state index contributed by atoms with van der Waals surface area (Å²) in [6, 6.07) is 9.50. The van der Waals surface area contributed by atoms with Gasteiger partial charge < -0.3 is 9.15 Å². The first kappa shape index (κ1) is 16.3. The number of rotatable bonds is 3. The molecule has 4 rings (SSSR count). The highest BCUT2D eigenvalue weighted by Gasteiger charge is 2.50. The molecule has 26 heavy (non-hydrogen) atoms. The molecule has 0 bridgehead atoms. The minimum absolute atomic E-state index is 0.0233. The molecular formula is C20H17NO5. The molecule has 1 aliphatic carbocycles. The Morgan fingerprint density at radius 3 is 2.77 bits per heavy atom. The first-order chi connectivity index (χ1) is 12.6. The van der Waals surface area contributed by atoms with Crippen LogP contribution in [0.3, 0.4) is 0 Å². The van der Waals surface area contributed by atoms with E-state index in [1.807, 2.05) is 19.1 Å². The van der Waals surface area contributed by atoms with Crippen molar-refractivity contribution >= 4 is 23.5 Å². The average Bonchev–Trinajstić information content (AvgIpc) is 3.24. The number of furan rings is 1. The fraction of sp³-hybridized carbons (Fsp3) is 0.250. The van der Waals surface area contributed by atoms with Crippen LogP contribution in [-0.4, -0.2) is 17.8 Å². The lowest BCUT2D eigenvalue weighted by Gasteiger charge is -2.22. The Bertz CT molecular complexity index is 899. The normalized spacial score (nSPS) is 24.7. The standard InChI is InChI=1S/C20H17NO5/c1-12-5-2-8-15-17(12)19(23)21(18(15)22)13-6-3-7-14(11-13)26-20(24)16-9-4-10-25-16/h2-7,9-12,15,17H,8H2,1H3/t12-,15-,17-/m1/s1. The highest BCUT2D eigenvalue weighted by Crippen LogP contribution is 2.40. The second-order valence-corrected chi connectivity index (χ2v) is 6.53. The summed E-state index contributed by atoms with van der Waals surface area (Å²) in [6.07, 6.45) is 5.90. The van der Waals surface area contributed by atoms with E-state index in [9.17, 15) is 14.4 Å². The van der Waals surface area contributed by atoms with Gasteiger partial charge in [0.25, 0.3) is 0 Å². The number of carbonyl (C=O) groups is 3. The number of anilines is 1. The molecule has 1 aliphatic heterocycles. The van der Waals surface area contributed by atoms with Crippen molar-refractivity contribution in [2.24, 2.45) is 17.8 Å². The third-order valence-corrected chi connectivity index (χ3v) is 4.88. The molecular weight excluding hydrogens is 334 g/mol. The van der Waals surface area contributed by atoms with Gasteiger partial charge in [0.05, 0.1) is 23.8 Å². The van der Waals surface area contributed by atoms with Crippen molar-refractivity contribution in [1.82, 2.24) is 0 Å². The molecule has 6 heteroatoms. The largest absolute Gasteiger partial charge is 0.457 e. The van der Waals surface area contributed by atoms with Gasteiger partial charge in [-0.15, -0.1) is 0 Å². The van der Waals surface area contributed by atoms with Crippen LogP contribution in [0.1, 0.15) is 23.9 Å². The number of ether oxygens (including phenoxy) is 1. The van der Waals surface area contributed by atoms with Gasteiger partial charge in [0.2, 0.25) is 17.6 Å². The number of nitrogens with zero attached hydrogens (tertiary/aromatic N) is 1. The maximum atomic E-state index is 12.8. The molecule has 2 aromatic rings. The molecule has 0 spiro atoms. The monoisotopic (exact) mass is 351 g/mol. The van der Waals surface area contributed by atoms with Crippen LogP contribution in [0.25, 0.3) is 0 Å². The van der Waals surface area contributed by atoms with E-state index in [0.29, 0.717) is 12.1 Å². The number of amides is 2. The molecule has 0 N–H and O–H groups in total. The molecule has 0 radical (unpaired) electrons. The maximum absolute atomic E-state index is 12.8. The number of hydrogen-bond acceptors (Lipinski definition) is 5. The van der Waals surface area contributed by atoms with Crippen LogP contribution in [0.15, 0.2) is 59.2 Å². The van der Waals surface area contributed by atoms with Gasteiger partial charge in [-0.1, -0.05) is 25.1 Å². The zero-order valence-electron chi connectivity index (χ0n) is 14.1. The van der Waals surface area contributed by atoms with E-state index in [2.05, 4.69) is 0 Å². The summed E-state index contributed by atoms with van der Waals surface area (Å²) in [5, 5.41) is 0. The van der Waals surface area contributed by atoms with E-state index in [1.165, 1.54) is 23.3 Å². The Balaban J connectivity index is 1.60. The van der Waals surface area contributed by atoms with Crippen molar-refractivity contribution in [3.8, 4) is 5.75 Å². The third kappa shape index (κ3) is 2.63. The van der Waals surface area contributed by atoms with Gasteiger partial charge in [0, 0.05) is 6.07 Å². The van der Waals surface area contributed by atoms with Crippen LogP contribution >= 0.6 is 0 Å². The van der Waals surface area contributed by atoms with Gasteiger partial charge in [-0.25, -0.2) is 9.69 Å². The molecule has 3 atom stereocenters. The summed E-state index contributed by atoms with van der Waals surface area (Å²) in [4.78, 5) is 38.8. The molecule has 6 nitrogen and oxygen atoms in total. The third-order valence-electron chi connectivity index (χ3n) is 4.88. The number of imide groups is 1. The highest BCUT2D eigenvalue weighted by molar-refractivity contribution is 6.22. The molecule has 1 aromatic heterocycles. The van der Waals surface area contributed by atoms with E-state index in [0.717, 1.165) is 0 Å². The molecule has 1 aromatic carbocycles.